The molecule has 20 heavy (non-hydrogen) atoms. The van der Waals surface area contributed by atoms with Gasteiger partial charge in [0.2, 0.25) is 0 Å². The molecule has 1 atom stereocenters. The highest BCUT2D eigenvalue weighted by molar-refractivity contribution is 7.98. The predicted octanol–water partition coefficient (Wildman–Crippen LogP) is 3.87. The SMILES string of the molecule is CCC(CSC)N(C)CC(=O)c1c(C)cc(C)cc1C. The first-order valence-corrected chi connectivity index (χ1v) is 8.60. The molecule has 1 unspecified atom stereocenters. The van der Waals surface area contributed by atoms with Gasteiger partial charge in [-0.25, -0.2) is 0 Å². The number of nitrogens with zero attached hydrogens (tertiary/aromatic N) is 1. The molecule has 0 bridgehead atoms. The first-order chi connectivity index (χ1) is 9.40. The third-order valence-corrected chi connectivity index (χ3v) is 4.52. The molecule has 0 aromatic heterocycles. The normalized spacial score (nSPS) is 12.8. The Morgan fingerprint density at radius 2 is 1.80 bits per heavy atom. The fourth-order valence-electron chi connectivity index (χ4n) is 2.80. The van der Waals surface area contributed by atoms with Crippen molar-refractivity contribution in [3.8, 4) is 0 Å². The van der Waals surface area contributed by atoms with Crippen molar-refractivity contribution >= 4 is 17.5 Å². The summed E-state index contributed by atoms with van der Waals surface area (Å²) < 4.78 is 0. The van der Waals surface area contributed by atoms with Gasteiger partial charge in [-0.1, -0.05) is 24.6 Å². The zero-order chi connectivity index (χ0) is 15.3. The van der Waals surface area contributed by atoms with Crippen LogP contribution in [-0.2, 0) is 0 Å². The highest BCUT2D eigenvalue weighted by Crippen LogP contribution is 2.18. The van der Waals surface area contributed by atoms with Crippen molar-refractivity contribution in [2.45, 2.75) is 40.2 Å². The Morgan fingerprint density at radius 3 is 2.25 bits per heavy atom. The van der Waals surface area contributed by atoms with Gasteiger partial charge in [0.05, 0.1) is 6.54 Å². The lowest BCUT2D eigenvalue weighted by molar-refractivity contribution is 0.0923. The first kappa shape index (κ1) is 17.3. The molecule has 0 spiro atoms. The monoisotopic (exact) mass is 293 g/mol. The van der Waals surface area contributed by atoms with Gasteiger partial charge in [-0.05, 0) is 51.6 Å². The fourth-order valence-corrected chi connectivity index (χ4v) is 3.68. The molecule has 1 aromatic carbocycles. The number of aryl methyl sites for hydroxylation is 3. The molecule has 0 fully saturated rings. The van der Waals surface area contributed by atoms with Crippen LogP contribution < -0.4 is 0 Å². The van der Waals surface area contributed by atoms with E-state index < -0.39 is 0 Å². The summed E-state index contributed by atoms with van der Waals surface area (Å²) in [6.45, 7) is 8.83. The zero-order valence-electron chi connectivity index (χ0n) is 13.6. The summed E-state index contributed by atoms with van der Waals surface area (Å²) in [5.41, 5.74) is 4.32. The molecule has 0 heterocycles. The molecule has 0 amide bonds. The molecule has 1 rings (SSSR count). The molecule has 0 saturated carbocycles. The van der Waals surface area contributed by atoms with Crippen LogP contribution in [0.15, 0.2) is 12.1 Å². The van der Waals surface area contributed by atoms with E-state index in [1.54, 1.807) is 0 Å². The van der Waals surface area contributed by atoms with E-state index in [9.17, 15) is 4.79 Å². The van der Waals surface area contributed by atoms with Crippen molar-refractivity contribution in [1.29, 1.82) is 0 Å². The molecule has 0 radical (unpaired) electrons. The van der Waals surface area contributed by atoms with Crippen molar-refractivity contribution in [1.82, 2.24) is 4.90 Å². The van der Waals surface area contributed by atoms with Gasteiger partial charge in [0.1, 0.15) is 0 Å². The number of Topliss-reactive ketones (excluding diaryl/α,β-unsaturated/α-hetero) is 1. The van der Waals surface area contributed by atoms with Crippen LogP contribution in [0.1, 0.15) is 40.4 Å². The van der Waals surface area contributed by atoms with Crippen molar-refractivity contribution in [3.63, 3.8) is 0 Å². The molecule has 2 nitrogen and oxygen atoms in total. The molecule has 0 aliphatic carbocycles. The Balaban J connectivity index is 2.86. The second kappa shape index (κ2) is 7.84. The van der Waals surface area contributed by atoms with Crippen LogP contribution in [0.4, 0.5) is 0 Å². The summed E-state index contributed by atoms with van der Waals surface area (Å²) in [6, 6.07) is 4.67. The van der Waals surface area contributed by atoms with Crippen molar-refractivity contribution in [2.24, 2.45) is 0 Å². The lowest BCUT2D eigenvalue weighted by Crippen LogP contribution is -2.37. The largest absolute Gasteiger partial charge is 0.295 e. The average Bonchev–Trinajstić information content (AvgIpc) is 2.34. The third-order valence-electron chi connectivity index (χ3n) is 3.80. The Kier molecular flexibility index (Phi) is 6.77. The van der Waals surface area contributed by atoms with Gasteiger partial charge in [-0.3, -0.25) is 9.69 Å². The number of carbonyl (C=O) groups is 1. The van der Waals surface area contributed by atoms with Crippen LogP contribution in [0.3, 0.4) is 0 Å². The van der Waals surface area contributed by atoms with E-state index in [4.69, 9.17) is 0 Å². The fraction of sp³-hybridized carbons (Fsp3) is 0.588. The minimum atomic E-state index is 0.238. The van der Waals surface area contributed by atoms with E-state index in [1.807, 2.05) is 25.6 Å². The molecule has 112 valence electrons. The van der Waals surface area contributed by atoms with Crippen LogP contribution in [0.2, 0.25) is 0 Å². The van der Waals surface area contributed by atoms with Gasteiger partial charge >= 0.3 is 0 Å². The number of hydrogen-bond acceptors (Lipinski definition) is 3. The molecule has 0 saturated heterocycles. The summed E-state index contributed by atoms with van der Waals surface area (Å²) >= 11 is 1.84. The van der Waals surface area contributed by atoms with Crippen LogP contribution in [0.5, 0.6) is 0 Å². The van der Waals surface area contributed by atoms with E-state index in [2.05, 4.69) is 44.2 Å². The number of likely N-dealkylation sites (N-methyl/N-ethyl adjacent to an activating group) is 1. The molecule has 1 aromatic rings. The summed E-state index contributed by atoms with van der Waals surface area (Å²) in [6.07, 6.45) is 3.20. The van der Waals surface area contributed by atoms with Gasteiger partial charge in [-0.2, -0.15) is 11.8 Å². The second-order valence-electron chi connectivity index (χ2n) is 5.63. The van der Waals surface area contributed by atoms with E-state index in [-0.39, 0.29) is 5.78 Å². The Hall–Kier alpha value is -0.800. The maximum Gasteiger partial charge on any atom is 0.177 e. The lowest BCUT2D eigenvalue weighted by Gasteiger charge is -2.26. The standard InChI is InChI=1S/C17H27NOS/c1-7-15(11-20-6)18(5)10-16(19)17-13(3)8-12(2)9-14(17)4/h8-9,15H,7,10-11H2,1-6H3. The first-order valence-electron chi connectivity index (χ1n) is 7.20. The number of thioether (sulfide) groups is 1. The molecular weight excluding hydrogens is 266 g/mol. The van der Waals surface area contributed by atoms with E-state index in [1.165, 1.54) is 5.56 Å². The number of carbonyl (C=O) groups excluding carboxylic acids is 1. The molecule has 3 heteroatoms. The highest BCUT2D eigenvalue weighted by Gasteiger charge is 2.19. The Labute approximate surface area is 127 Å². The summed E-state index contributed by atoms with van der Waals surface area (Å²) in [7, 11) is 2.06. The van der Waals surface area contributed by atoms with Gasteiger partial charge in [-0.15, -0.1) is 0 Å². The van der Waals surface area contributed by atoms with Crippen LogP contribution in [-0.4, -0.2) is 42.3 Å². The Bertz CT molecular complexity index is 447. The van der Waals surface area contributed by atoms with Crippen molar-refractivity contribution in [3.05, 3.63) is 34.4 Å². The smallest absolute Gasteiger partial charge is 0.177 e. The lowest BCUT2D eigenvalue weighted by atomic mass is 9.96. The third kappa shape index (κ3) is 4.35. The number of rotatable bonds is 7. The van der Waals surface area contributed by atoms with Crippen molar-refractivity contribution < 1.29 is 4.79 Å². The molecular formula is C17H27NOS. The zero-order valence-corrected chi connectivity index (χ0v) is 14.4. The number of ketones is 1. The quantitative estimate of drug-likeness (QED) is 0.712. The van der Waals surface area contributed by atoms with Crippen LogP contribution in [0, 0.1) is 20.8 Å². The molecule has 0 aliphatic rings. The summed E-state index contributed by atoms with van der Waals surface area (Å²) in [4.78, 5) is 14.8. The highest BCUT2D eigenvalue weighted by atomic mass is 32.2. The van der Waals surface area contributed by atoms with Gasteiger partial charge in [0.15, 0.2) is 5.78 Å². The maximum absolute atomic E-state index is 12.6. The maximum atomic E-state index is 12.6. The number of hydrogen-bond donors (Lipinski definition) is 0. The van der Waals surface area contributed by atoms with Gasteiger partial charge in [0.25, 0.3) is 0 Å². The summed E-state index contributed by atoms with van der Waals surface area (Å²) in [5, 5.41) is 0. The minimum absolute atomic E-state index is 0.238. The average molecular weight is 293 g/mol. The van der Waals surface area contributed by atoms with E-state index in [0.29, 0.717) is 12.6 Å². The second-order valence-corrected chi connectivity index (χ2v) is 6.54. The molecule has 0 aliphatic heterocycles. The Morgan fingerprint density at radius 1 is 1.25 bits per heavy atom. The topological polar surface area (TPSA) is 20.3 Å². The van der Waals surface area contributed by atoms with Crippen LogP contribution >= 0.6 is 11.8 Å². The van der Waals surface area contributed by atoms with Gasteiger partial charge in [0, 0.05) is 17.4 Å². The molecule has 0 N–H and O–H groups in total. The minimum Gasteiger partial charge on any atom is -0.295 e. The van der Waals surface area contributed by atoms with E-state index >= 15 is 0 Å². The van der Waals surface area contributed by atoms with Gasteiger partial charge < -0.3 is 0 Å². The van der Waals surface area contributed by atoms with E-state index in [0.717, 1.165) is 28.9 Å². The number of benzene rings is 1. The van der Waals surface area contributed by atoms with Crippen LogP contribution in [0.25, 0.3) is 0 Å². The predicted molar refractivity (Wildman–Crippen MR) is 90.1 cm³/mol. The summed E-state index contributed by atoms with van der Waals surface area (Å²) in [5.74, 6) is 1.31. The van der Waals surface area contributed by atoms with Crippen molar-refractivity contribution in [2.75, 3.05) is 25.6 Å².